The van der Waals surface area contributed by atoms with Gasteiger partial charge in [0.25, 0.3) is 5.69 Å². The second-order valence-corrected chi connectivity index (χ2v) is 5.01. The number of hydrogen-bond acceptors (Lipinski definition) is 4. The number of primary amides is 1. The van der Waals surface area contributed by atoms with Crippen LogP contribution in [0.2, 0.25) is 0 Å². The Balaban J connectivity index is 0.00000288. The van der Waals surface area contributed by atoms with E-state index in [2.05, 4.69) is 5.43 Å². The second-order valence-electron chi connectivity index (χ2n) is 5.01. The Bertz CT molecular complexity index is 762. The number of anilines is 2. The summed E-state index contributed by atoms with van der Waals surface area (Å²) in [5.74, 6) is -0.921. The number of aryl methyl sites for hydroxylation is 2. The van der Waals surface area contributed by atoms with Crippen molar-refractivity contribution < 1.29 is 14.1 Å². The van der Waals surface area contributed by atoms with Gasteiger partial charge in [-0.1, -0.05) is 12.1 Å². The molecule has 0 spiro atoms. The first-order valence-electron chi connectivity index (χ1n) is 6.67. The standard InChI is InChI=1S/C15H15FN4O3.ClH/c1-9-4-3-5-11(6-9)18-19(15(17)21)14-10(2)7-12(20(22)23)8-13(14)16;/h3-8,18H,1-2H3,(H2,17,21);1H. The number of urea groups is 1. The van der Waals surface area contributed by atoms with Crippen LogP contribution in [-0.4, -0.2) is 11.0 Å². The number of carbonyl (C=O) groups is 1. The summed E-state index contributed by atoms with van der Waals surface area (Å²) in [5, 5.41) is 11.6. The van der Waals surface area contributed by atoms with Crippen LogP contribution in [0.15, 0.2) is 36.4 Å². The predicted octanol–water partition coefficient (Wildman–Crippen LogP) is 3.68. The fourth-order valence-corrected chi connectivity index (χ4v) is 2.17. The van der Waals surface area contributed by atoms with Crippen molar-refractivity contribution in [3.63, 3.8) is 0 Å². The molecule has 0 aliphatic carbocycles. The number of hydrazine groups is 1. The first-order chi connectivity index (χ1) is 10.8. The van der Waals surface area contributed by atoms with E-state index in [1.165, 1.54) is 13.0 Å². The number of hydrogen-bond donors (Lipinski definition) is 2. The number of nitrogens with two attached hydrogens (primary N) is 1. The van der Waals surface area contributed by atoms with Gasteiger partial charge in [0.05, 0.1) is 16.7 Å². The van der Waals surface area contributed by atoms with Gasteiger partial charge in [-0.3, -0.25) is 15.5 Å². The molecule has 0 radical (unpaired) electrons. The lowest BCUT2D eigenvalue weighted by atomic mass is 10.1. The molecule has 128 valence electrons. The molecule has 0 fully saturated rings. The molecule has 0 aliphatic rings. The summed E-state index contributed by atoms with van der Waals surface area (Å²) in [6, 6.07) is 8.02. The van der Waals surface area contributed by atoms with Crippen LogP contribution in [0.5, 0.6) is 0 Å². The van der Waals surface area contributed by atoms with E-state index in [9.17, 15) is 19.3 Å². The molecule has 3 N–H and O–H groups in total. The van der Waals surface area contributed by atoms with Crippen molar-refractivity contribution in [2.24, 2.45) is 5.73 Å². The van der Waals surface area contributed by atoms with E-state index in [0.717, 1.165) is 16.6 Å². The summed E-state index contributed by atoms with van der Waals surface area (Å²) >= 11 is 0. The largest absolute Gasteiger partial charge is 0.350 e. The lowest BCUT2D eigenvalue weighted by Crippen LogP contribution is -2.41. The number of nitro groups is 1. The third kappa shape index (κ3) is 4.11. The van der Waals surface area contributed by atoms with Crippen LogP contribution in [0, 0.1) is 29.8 Å². The Hall–Kier alpha value is -2.87. The van der Waals surface area contributed by atoms with Crippen molar-refractivity contribution in [1.82, 2.24) is 0 Å². The van der Waals surface area contributed by atoms with Crippen molar-refractivity contribution in [3.05, 3.63) is 63.5 Å². The number of nitrogens with zero attached hydrogens (tertiary/aromatic N) is 2. The van der Waals surface area contributed by atoms with Crippen LogP contribution in [-0.2, 0) is 0 Å². The Morgan fingerprint density at radius 2 is 1.96 bits per heavy atom. The molecule has 2 rings (SSSR count). The highest BCUT2D eigenvalue weighted by Gasteiger charge is 2.23. The van der Waals surface area contributed by atoms with Crippen molar-refractivity contribution >= 4 is 35.5 Å². The number of nitrogens with one attached hydrogen (secondary N) is 1. The van der Waals surface area contributed by atoms with E-state index in [1.54, 1.807) is 18.2 Å². The molecule has 0 unspecified atom stereocenters. The quantitative estimate of drug-likeness (QED) is 0.645. The average molecular weight is 355 g/mol. The van der Waals surface area contributed by atoms with Crippen LogP contribution in [0.4, 0.5) is 26.2 Å². The summed E-state index contributed by atoms with van der Waals surface area (Å²) in [5.41, 5.74) is 9.13. The van der Waals surface area contributed by atoms with Gasteiger partial charge in [-0.05, 0) is 37.1 Å². The number of halogens is 2. The third-order valence-corrected chi connectivity index (χ3v) is 3.15. The second kappa shape index (κ2) is 7.60. The number of non-ortho nitro benzene ring substituents is 1. The molecule has 0 atom stereocenters. The van der Waals surface area contributed by atoms with Gasteiger partial charge in [-0.15, -0.1) is 12.4 Å². The first kappa shape index (κ1) is 19.2. The normalized spacial score (nSPS) is 9.79. The number of benzene rings is 2. The van der Waals surface area contributed by atoms with Gasteiger partial charge >= 0.3 is 6.03 Å². The highest BCUT2D eigenvalue weighted by atomic mass is 35.5. The van der Waals surface area contributed by atoms with Gasteiger partial charge < -0.3 is 5.73 Å². The minimum atomic E-state index is -0.942. The SMILES string of the molecule is Cc1cccc(NN(C(N)=O)c2c(C)cc([N+](=O)[O-])cc2F)c1.Cl. The third-order valence-electron chi connectivity index (χ3n) is 3.15. The van der Waals surface area contributed by atoms with Crippen molar-refractivity contribution in [1.29, 1.82) is 0 Å². The zero-order valence-electron chi connectivity index (χ0n) is 12.9. The summed E-state index contributed by atoms with van der Waals surface area (Å²) < 4.78 is 14.3. The van der Waals surface area contributed by atoms with Crippen LogP contribution < -0.4 is 16.2 Å². The van der Waals surface area contributed by atoms with Crippen molar-refractivity contribution in [2.75, 3.05) is 10.4 Å². The molecule has 9 heteroatoms. The van der Waals surface area contributed by atoms with E-state index in [4.69, 9.17) is 5.73 Å². The lowest BCUT2D eigenvalue weighted by Gasteiger charge is -2.24. The van der Waals surface area contributed by atoms with Crippen LogP contribution >= 0.6 is 12.4 Å². The van der Waals surface area contributed by atoms with Gasteiger partial charge in [0, 0.05) is 6.07 Å². The fourth-order valence-electron chi connectivity index (χ4n) is 2.17. The van der Waals surface area contributed by atoms with E-state index in [0.29, 0.717) is 5.69 Å². The Kier molecular flexibility index (Phi) is 6.07. The smallest absolute Gasteiger partial charge is 0.338 e. The van der Waals surface area contributed by atoms with Gasteiger partial charge in [-0.2, -0.15) is 0 Å². The topological polar surface area (TPSA) is 102 Å². The molecule has 24 heavy (non-hydrogen) atoms. The van der Waals surface area contributed by atoms with E-state index in [-0.39, 0.29) is 23.7 Å². The van der Waals surface area contributed by atoms with Gasteiger partial charge in [-0.25, -0.2) is 14.2 Å². The number of rotatable bonds is 4. The molecule has 0 saturated heterocycles. The van der Waals surface area contributed by atoms with Crippen molar-refractivity contribution in [2.45, 2.75) is 13.8 Å². The highest BCUT2D eigenvalue weighted by molar-refractivity contribution is 5.94. The van der Waals surface area contributed by atoms with Crippen LogP contribution in [0.1, 0.15) is 11.1 Å². The van der Waals surface area contributed by atoms with E-state index < -0.39 is 22.5 Å². The molecule has 0 aromatic heterocycles. The minimum absolute atomic E-state index is 0. The monoisotopic (exact) mass is 354 g/mol. The first-order valence-corrected chi connectivity index (χ1v) is 6.67. The lowest BCUT2D eigenvalue weighted by molar-refractivity contribution is -0.385. The van der Waals surface area contributed by atoms with E-state index in [1.807, 2.05) is 13.0 Å². The molecule has 2 amide bonds. The zero-order valence-corrected chi connectivity index (χ0v) is 13.8. The molecule has 0 heterocycles. The van der Waals surface area contributed by atoms with Crippen molar-refractivity contribution in [3.8, 4) is 0 Å². The molecule has 0 saturated carbocycles. The maximum absolute atomic E-state index is 14.3. The Morgan fingerprint density at radius 1 is 1.29 bits per heavy atom. The van der Waals surface area contributed by atoms with Gasteiger partial charge in [0.2, 0.25) is 0 Å². The Morgan fingerprint density at radius 3 is 2.46 bits per heavy atom. The summed E-state index contributed by atoms with van der Waals surface area (Å²) in [6.07, 6.45) is 0. The summed E-state index contributed by atoms with van der Waals surface area (Å²) in [7, 11) is 0. The molecule has 7 nitrogen and oxygen atoms in total. The predicted molar refractivity (Wildman–Crippen MR) is 91.9 cm³/mol. The Labute approximate surface area is 143 Å². The molecular weight excluding hydrogens is 339 g/mol. The summed E-state index contributed by atoms with van der Waals surface area (Å²) in [4.78, 5) is 21.8. The molecular formula is C15H16ClFN4O3. The van der Waals surface area contributed by atoms with Crippen LogP contribution in [0.25, 0.3) is 0 Å². The maximum atomic E-state index is 14.3. The maximum Gasteiger partial charge on any atom is 0.338 e. The summed E-state index contributed by atoms with van der Waals surface area (Å²) in [6.45, 7) is 3.32. The van der Waals surface area contributed by atoms with Gasteiger partial charge in [0.1, 0.15) is 5.69 Å². The fraction of sp³-hybridized carbons (Fsp3) is 0.133. The number of nitro benzene ring substituents is 1. The zero-order chi connectivity index (χ0) is 17.1. The molecule has 2 aromatic rings. The van der Waals surface area contributed by atoms with Gasteiger partial charge in [0.15, 0.2) is 5.82 Å². The molecule has 0 aliphatic heterocycles. The highest BCUT2D eigenvalue weighted by Crippen LogP contribution is 2.29. The molecule has 2 aromatic carbocycles. The number of amides is 2. The molecule has 0 bridgehead atoms. The average Bonchev–Trinajstić information content (AvgIpc) is 2.45. The number of carbonyl (C=O) groups excluding carboxylic acids is 1. The minimum Gasteiger partial charge on any atom is -0.350 e. The van der Waals surface area contributed by atoms with Crippen LogP contribution in [0.3, 0.4) is 0 Å². The van der Waals surface area contributed by atoms with E-state index >= 15 is 0 Å².